The molecular formula is C21H42F2N2Si3. The molecule has 0 unspecified atom stereocenters. The maximum Gasteiger partial charge on any atom is 0.546 e. The molecule has 1 aromatic rings. The van der Waals surface area contributed by atoms with E-state index in [1.165, 1.54) is 0 Å². The molecular weight excluding hydrogens is 402 g/mol. The van der Waals surface area contributed by atoms with Crippen molar-refractivity contribution in [3.8, 4) is 0 Å². The molecule has 0 aromatic heterocycles. The molecule has 0 amide bonds. The van der Waals surface area contributed by atoms with Gasteiger partial charge in [-0.2, -0.15) is 0 Å². The van der Waals surface area contributed by atoms with Gasteiger partial charge in [-0.15, -0.1) is 0 Å². The highest BCUT2D eigenvalue weighted by molar-refractivity contribution is 6.94. The fourth-order valence-corrected chi connectivity index (χ4v) is 15.5. The first-order valence-electron chi connectivity index (χ1n) is 10.2. The lowest BCUT2D eigenvalue weighted by Crippen LogP contribution is -2.80. The van der Waals surface area contributed by atoms with Gasteiger partial charge < -0.3 is 0 Å². The van der Waals surface area contributed by atoms with Crippen LogP contribution in [0.3, 0.4) is 0 Å². The minimum atomic E-state index is -4.90. The molecule has 162 valence electrons. The van der Waals surface area contributed by atoms with Crippen LogP contribution in [0.2, 0.25) is 34.8 Å². The predicted molar refractivity (Wildman–Crippen MR) is 127 cm³/mol. The van der Waals surface area contributed by atoms with E-state index in [0.29, 0.717) is 0 Å². The van der Waals surface area contributed by atoms with E-state index in [4.69, 9.17) is 0 Å². The second kappa shape index (κ2) is 7.72. The van der Waals surface area contributed by atoms with Crippen molar-refractivity contribution in [3.05, 3.63) is 30.3 Å². The van der Waals surface area contributed by atoms with Gasteiger partial charge >= 0.3 is 8.90 Å². The van der Waals surface area contributed by atoms with Crippen LogP contribution < -0.4 is 10.3 Å². The molecule has 1 rings (SSSR count). The van der Waals surface area contributed by atoms with Crippen molar-refractivity contribution in [3.63, 3.8) is 0 Å². The van der Waals surface area contributed by atoms with Crippen molar-refractivity contribution in [1.82, 2.24) is 9.43 Å². The summed E-state index contributed by atoms with van der Waals surface area (Å²) in [5, 5.41) is 3.48. The van der Waals surface area contributed by atoms with E-state index in [1.54, 1.807) is 34.7 Å². The minimum Gasteiger partial charge on any atom is -0.283 e. The number of nitrogens with one attached hydrogen (secondary N) is 1. The third kappa shape index (κ3) is 4.69. The van der Waals surface area contributed by atoms with E-state index in [1.807, 2.05) is 0 Å². The van der Waals surface area contributed by atoms with Gasteiger partial charge in [-0.3, -0.25) is 5.09 Å². The molecule has 0 atom stereocenters. The average molecular weight is 445 g/mol. The monoisotopic (exact) mass is 444 g/mol. The summed E-state index contributed by atoms with van der Waals surface area (Å²) >= 11 is 0. The summed E-state index contributed by atoms with van der Waals surface area (Å²) in [5.74, 6) is 0. The van der Waals surface area contributed by atoms with Gasteiger partial charge in [0.1, 0.15) is 16.5 Å². The zero-order valence-corrected chi connectivity index (χ0v) is 23.1. The van der Waals surface area contributed by atoms with Gasteiger partial charge in [0.15, 0.2) is 0 Å². The first kappa shape index (κ1) is 25.7. The molecule has 0 fully saturated rings. The van der Waals surface area contributed by atoms with E-state index >= 15 is 8.22 Å². The molecule has 0 spiro atoms. The number of hydrazine groups is 1. The zero-order valence-electron chi connectivity index (χ0n) is 20.1. The van der Waals surface area contributed by atoms with Crippen molar-refractivity contribution < 1.29 is 8.22 Å². The summed E-state index contributed by atoms with van der Waals surface area (Å²) in [5.41, 5.74) is 0. The van der Waals surface area contributed by atoms with E-state index < -0.39 is 25.4 Å². The van der Waals surface area contributed by atoms with E-state index in [0.717, 1.165) is 0 Å². The van der Waals surface area contributed by atoms with Gasteiger partial charge in [-0.25, -0.2) is 12.6 Å². The van der Waals surface area contributed by atoms with Crippen molar-refractivity contribution in [2.24, 2.45) is 0 Å². The smallest absolute Gasteiger partial charge is 0.283 e. The van der Waals surface area contributed by atoms with E-state index in [-0.39, 0.29) is 20.3 Å². The van der Waals surface area contributed by atoms with Crippen LogP contribution in [-0.4, -0.2) is 29.7 Å². The van der Waals surface area contributed by atoms with Crippen LogP contribution in [0.1, 0.15) is 62.3 Å². The van der Waals surface area contributed by atoms with Crippen LogP contribution in [0.4, 0.5) is 8.22 Å². The zero-order chi connectivity index (χ0) is 22.4. The molecule has 0 aliphatic rings. The molecule has 1 aromatic carbocycles. The lowest BCUT2D eigenvalue weighted by molar-refractivity contribution is 0.391. The summed E-state index contributed by atoms with van der Waals surface area (Å²) in [6, 6.07) is 8.46. The highest BCUT2D eigenvalue weighted by Gasteiger charge is 2.61. The van der Waals surface area contributed by atoms with E-state index in [9.17, 15) is 0 Å². The lowest BCUT2D eigenvalue weighted by atomic mass is 10.2. The number of nitrogens with zero attached hydrogens (tertiary/aromatic N) is 1. The maximum atomic E-state index is 16.2. The molecule has 0 heterocycles. The Labute approximate surface area is 175 Å². The van der Waals surface area contributed by atoms with Crippen LogP contribution in [-0.2, 0) is 0 Å². The number of rotatable bonds is 5. The van der Waals surface area contributed by atoms with Crippen LogP contribution in [0.25, 0.3) is 0 Å². The van der Waals surface area contributed by atoms with Crippen LogP contribution >= 0.6 is 0 Å². The lowest BCUT2D eigenvalue weighted by Gasteiger charge is -2.57. The quantitative estimate of drug-likeness (QED) is 0.306. The first-order chi connectivity index (χ1) is 12.2. The molecule has 2 nitrogen and oxygen atoms in total. The fourth-order valence-electron chi connectivity index (χ4n) is 3.35. The van der Waals surface area contributed by atoms with Gasteiger partial charge in [-0.1, -0.05) is 112 Å². The highest BCUT2D eigenvalue weighted by atomic mass is 28.5. The Kier molecular flexibility index (Phi) is 7.08. The summed E-state index contributed by atoms with van der Waals surface area (Å²) in [6.07, 6.45) is 0. The summed E-state index contributed by atoms with van der Waals surface area (Å²) < 4.78 is 34.0. The third-order valence-electron chi connectivity index (χ3n) is 7.13. The predicted octanol–water partition coefficient (Wildman–Crippen LogP) is 6.76. The molecule has 1 N–H and O–H groups in total. The van der Waals surface area contributed by atoms with Gasteiger partial charge in [0.2, 0.25) is 0 Å². The second-order valence-corrected chi connectivity index (χ2v) is 24.9. The normalized spacial score (nSPS) is 15.2. The Bertz CT molecular complexity index is 643. The van der Waals surface area contributed by atoms with Crippen molar-refractivity contribution in [2.45, 2.75) is 97.1 Å². The largest absolute Gasteiger partial charge is 0.546 e. The second-order valence-electron chi connectivity index (χ2n) is 11.8. The van der Waals surface area contributed by atoms with Crippen LogP contribution in [0.15, 0.2) is 30.3 Å². The highest BCUT2D eigenvalue weighted by Crippen LogP contribution is 2.51. The number of benzene rings is 1. The van der Waals surface area contributed by atoms with Gasteiger partial charge in [0.05, 0.1) is 0 Å². The van der Waals surface area contributed by atoms with Crippen molar-refractivity contribution >= 4 is 30.6 Å². The maximum absolute atomic E-state index is 16.2. The number of hydrogen-bond donors (Lipinski definition) is 1. The molecule has 0 aliphatic carbocycles. The van der Waals surface area contributed by atoms with Crippen LogP contribution in [0, 0.1) is 0 Å². The van der Waals surface area contributed by atoms with Crippen molar-refractivity contribution in [1.29, 1.82) is 0 Å². The molecule has 0 bridgehead atoms. The molecule has 0 aliphatic heterocycles. The molecule has 0 saturated carbocycles. The third-order valence-corrected chi connectivity index (χ3v) is 23.4. The molecule has 0 saturated heterocycles. The molecule has 7 heteroatoms. The minimum absolute atomic E-state index is 0.0764. The number of hydrogen-bond acceptors (Lipinski definition) is 2. The molecule has 28 heavy (non-hydrogen) atoms. The van der Waals surface area contributed by atoms with Gasteiger partial charge in [0, 0.05) is 5.19 Å². The Morgan fingerprint density at radius 1 is 0.714 bits per heavy atom. The summed E-state index contributed by atoms with van der Waals surface area (Å²) in [7, 11) is -9.84. The first-order valence-corrected chi connectivity index (χ1v) is 17.4. The molecule has 0 radical (unpaired) electrons. The Hall–Kier alpha value is -0.349. The Morgan fingerprint density at radius 3 is 1.43 bits per heavy atom. The topological polar surface area (TPSA) is 15.3 Å². The van der Waals surface area contributed by atoms with Gasteiger partial charge in [-0.05, 0) is 15.1 Å². The standard InChI is InChI=1S/C21H42F2N2Si3/c1-19(2,3)26(10,11)25(28(22,23)18-16-14-13-15-17-18)24-27(12,20(4,5)6)21(7,8)9/h13-17,24H,1-12H3. The summed E-state index contributed by atoms with van der Waals surface area (Å²) in [4.78, 5) is 0. The van der Waals surface area contributed by atoms with Crippen LogP contribution in [0.5, 0.6) is 0 Å². The van der Waals surface area contributed by atoms with Gasteiger partial charge in [0.25, 0.3) is 0 Å². The fraction of sp³-hybridized carbons (Fsp3) is 0.714. The van der Waals surface area contributed by atoms with Crippen molar-refractivity contribution in [2.75, 3.05) is 0 Å². The Balaban J connectivity index is 3.70. The number of halogens is 2. The Morgan fingerprint density at radius 2 is 1.11 bits per heavy atom. The van der Waals surface area contributed by atoms with E-state index in [2.05, 4.69) is 87.0 Å². The summed E-state index contributed by atoms with van der Waals surface area (Å²) in [6.45, 7) is 25.9. The SMILES string of the molecule is CC(C)(C)[Si](C)(C)N(N[Si](C)(C(C)(C)C)C(C)(C)C)[Si](F)(F)c1ccccc1. The average Bonchev–Trinajstić information content (AvgIpc) is 2.49.